The van der Waals surface area contributed by atoms with E-state index in [1.54, 1.807) is 12.1 Å². The Labute approximate surface area is 87.7 Å². The summed E-state index contributed by atoms with van der Waals surface area (Å²) in [5.41, 5.74) is 0.814. The molecule has 0 atom stereocenters. The molecule has 0 amide bonds. The van der Waals surface area contributed by atoms with Crippen LogP contribution < -0.4 is 0 Å². The minimum atomic E-state index is -0.441. The summed E-state index contributed by atoms with van der Waals surface area (Å²) in [5.74, 6) is 5.73. The summed E-state index contributed by atoms with van der Waals surface area (Å²) < 4.78 is 0. The molecule has 1 aromatic rings. The number of rotatable bonds is 3. The Morgan fingerprint density at radius 1 is 1.33 bits per heavy atom. The Morgan fingerprint density at radius 3 is 2.53 bits per heavy atom. The maximum Gasteiger partial charge on any atom is 0.269 e. The summed E-state index contributed by atoms with van der Waals surface area (Å²) in [4.78, 5) is 9.91. The van der Waals surface area contributed by atoms with Crippen molar-refractivity contribution < 1.29 is 10.0 Å². The van der Waals surface area contributed by atoms with Crippen molar-refractivity contribution in [3.05, 3.63) is 39.9 Å². The fourth-order valence-electron chi connectivity index (χ4n) is 0.998. The molecule has 1 N–H and O–H groups in total. The van der Waals surface area contributed by atoms with E-state index in [4.69, 9.17) is 5.11 Å². The molecule has 0 bridgehead atoms. The molecule has 0 saturated heterocycles. The summed E-state index contributed by atoms with van der Waals surface area (Å²) in [5, 5.41) is 18.9. The predicted molar refractivity (Wildman–Crippen MR) is 56.3 cm³/mol. The third-order valence-corrected chi connectivity index (χ3v) is 1.77. The number of nitrogens with zero attached hydrogens (tertiary/aromatic N) is 1. The van der Waals surface area contributed by atoms with Crippen LogP contribution in [-0.2, 0) is 0 Å². The maximum absolute atomic E-state index is 10.4. The Bertz CT molecular complexity index is 387. The van der Waals surface area contributed by atoms with E-state index in [0.717, 1.165) is 5.56 Å². The van der Waals surface area contributed by atoms with E-state index >= 15 is 0 Å². The molecule has 0 heterocycles. The summed E-state index contributed by atoms with van der Waals surface area (Å²) >= 11 is 0. The van der Waals surface area contributed by atoms with Gasteiger partial charge in [-0.3, -0.25) is 10.1 Å². The van der Waals surface area contributed by atoms with Crippen molar-refractivity contribution in [2.24, 2.45) is 0 Å². The normalized spacial score (nSPS) is 9.13. The molecule has 1 aromatic carbocycles. The monoisotopic (exact) mass is 205 g/mol. The van der Waals surface area contributed by atoms with Gasteiger partial charge in [0.05, 0.1) is 4.92 Å². The molecular weight excluding hydrogens is 194 g/mol. The van der Waals surface area contributed by atoms with Gasteiger partial charge in [0.15, 0.2) is 0 Å². The quantitative estimate of drug-likeness (QED) is 0.353. The fourth-order valence-corrected chi connectivity index (χ4v) is 0.998. The minimum absolute atomic E-state index is 0.0657. The zero-order chi connectivity index (χ0) is 11.1. The van der Waals surface area contributed by atoms with Gasteiger partial charge in [0, 0.05) is 30.7 Å². The number of nitro groups is 1. The fraction of sp³-hybridized carbons (Fsp3) is 0.273. The first kappa shape index (κ1) is 11.2. The van der Waals surface area contributed by atoms with Crippen LogP contribution in [-0.4, -0.2) is 16.6 Å². The van der Waals surface area contributed by atoms with Crippen molar-refractivity contribution in [2.45, 2.75) is 12.8 Å². The second-order valence-corrected chi connectivity index (χ2v) is 2.93. The Kier molecular flexibility index (Phi) is 4.32. The first-order valence-corrected chi connectivity index (χ1v) is 4.58. The number of unbranched alkanes of at least 4 members (excludes halogenated alkanes) is 1. The maximum atomic E-state index is 10.4. The largest absolute Gasteiger partial charge is 0.396 e. The lowest BCUT2D eigenvalue weighted by Crippen LogP contribution is -1.86. The molecule has 0 unspecified atom stereocenters. The van der Waals surface area contributed by atoms with Gasteiger partial charge in [0.1, 0.15) is 0 Å². The standard InChI is InChI=1S/C11H11NO3/c13-9-3-1-2-4-10-5-7-11(8-6-10)12(14)15/h5-8,13H,1,3,9H2. The molecule has 78 valence electrons. The van der Waals surface area contributed by atoms with Crippen molar-refractivity contribution in [3.8, 4) is 11.8 Å². The number of nitro benzene ring substituents is 1. The molecule has 0 spiro atoms. The number of benzene rings is 1. The van der Waals surface area contributed by atoms with Crippen LogP contribution in [0.15, 0.2) is 24.3 Å². The Morgan fingerprint density at radius 2 is 2.00 bits per heavy atom. The molecule has 0 saturated carbocycles. The molecule has 1 rings (SSSR count). The lowest BCUT2D eigenvalue weighted by atomic mass is 10.2. The van der Waals surface area contributed by atoms with Gasteiger partial charge in [-0.2, -0.15) is 0 Å². The molecule has 15 heavy (non-hydrogen) atoms. The number of non-ortho nitro benzene ring substituents is 1. The smallest absolute Gasteiger partial charge is 0.269 e. The third-order valence-electron chi connectivity index (χ3n) is 1.77. The van der Waals surface area contributed by atoms with Crippen LogP contribution in [0.2, 0.25) is 0 Å². The van der Waals surface area contributed by atoms with E-state index in [9.17, 15) is 10.1 Å². The molecule has 4 nitrogen and oxygen atoms in total. The van der Waals surface area contributed by atoms with Crippen LogP contribution in [0.5, 0.6) is 0 Å². The van der Waals surface area contributed by atoms with Gasteiger partial charge in [0.2, 0.25) is 0 Å². The highest BCUT2D eigenvalue weighted by molar-refractivity contribution is 5.40. The zero-order valence-electron chi connectivity index (χ0n) is 8.14. The Hall–Kier alpha value is -1.86. The number of hydrogen-bond acceptors (Lipinski definition) is 3. The van der Waals surface area contributed by atoms with Gasteiger partial charge >= 0.3 is 0 Å². The lowest BCUT2D eigenvalue weighted by molar-refractivity contribution is -0.384. The van der Waals surface area contributed by atoms with Gasteiger partial charge < -0.3 is 5.11 Å². The van der Waals surface area contributed by atoms with Gasteiger partial charge in [-0.25, -0.2) is 0 Å². The molecule has 0 aliphatic heterocycles. The van der Waals surface area contributed by atoms with Crippen LogP contribution in [0.4, 0.5) is 5.69 Å². The molecule has 0 fully saturated rings. The summed E-state index contributed by atoms with van der Waals surface area (Å²) in [6.45, 7) is 0.134. The second kappa shape index (κ2) is 5.78. The average Bonchev–Trinajstić information content (AvgIpc) is 2.25. The average molecular weight is 205 g/mol. The van der Waals surface area contributed by atoms with Gasteiger partial charge in [-0.15, -0.1) is 0 Å². The molecule has 0 aromatic heterocycles. The van der Waals surface area contributed by atoms with E-state index < -0.39 is 4.92 Å². The van der Waals surface area contributed by atoms with E-state index in [-0.39, 0.29) is 12.3 Å². The summed E-state index contributed by atoms with van der Waals surface area (Å²) in [6.07, 6.45) is 1.29. The molecule has 0 radical (unpaired) electrons. The van der Waals surface area contributed by atoms with E-state index in [0.29, 0.717) is 12.8 Å². The lowest BCUT2D eigenvalue weighted by Gasteiger charge is -1.91. The second-order valence-electron chi connectivity index (χ2n) is 2.93. The van der Waals surface area contributed by atoms with Gasteiger partial charge in [0.25, 0.3) is 5.69 Å². The Balaban J connectivity index is 2.63. The van der Waals surface area contributed by atoms with Gasteiger partial charge in [-0.1, -0.05) is 11.8 Å². The third kappa shape index (κ3) is 3.79. The van der Waals surface area contributed by atoms with Crippen molar-refractivity contribution in [1.29, 1.82) is 0 Å². The SMILES string of the molecule is O=[N+]([O-])c1ccc(C#CCCCO)cc1. The van der Waals surface area contributed by atoms with E-state index in [1.165, 1.54) is 12.1 Å². The number of hydrogen-bond donors (Lipinski definition) is 1. The van der Waals surface area contributed by atoms with E-state index in [2.05, 4.69) is 11.8 Å². The van der Waals surface area contributed by atoms with Crippen molar-refractivity contribution in [3.63, 3.8) is 0 Å². The highest BCUT2D eigenvalue weighted by Gasteiger charge is 2.01. The highest BCUT2D eigenvalue weighted by Crippen LogP contribution is 2.10. The van der Waals surface area contributed by atoms with Crippen molar-refractivity contribution >= 4 is 5.69 Å². The minimum Gasteiger partial charge on any atom is -0.396 e. The molecular formula is C11H11NO3. The van der Waals surface area contributed by atoms with Crippen molar-refractivity contribution in [2.75, 3.05) is 6.61 Å². The van der Waals surface area contributed by atoms with Crippen LogP contribution in [0.25, 0.3) is 0 Å². The molecule has 0 aliphatic rings. The first-order valence-electron chi connectivity index (χ1n) is 4.58. The van der Waals surface area contributed by atoms with Crippen LogP contribution in [0.1, 0.15) is 18.4 Å². The predicted octanol–water partition coefficient (Wildman–Crippen LogP) is 1.72. The topological polar surface area (TPSA) is 63.4 Å². The molecule has 0 aliphatic carbocycles. The summed E-state index contributed by atoms with van der Waals surface area (Å²) in [6, 6.07) is 6.08. The van der Waals surface area contributed by atoms with Crippen molar-refractivity contribution in [1.82, 2.24) is 0 Å². The van der Waals surface area contributed by atoms with Gasteiger partial charge in [-0.05, 0) is 18.6 Å². The zero-order valence-corrected chi connectivity index (χ0v) is 8.14. The summed E-state index contributed by atoms with van der Waals surface area (Å²) in [7, 11) is 0. The number of aliphatic hydroxyl groups is 1. The first-order chi connectivity index (χ1) is 7.24. The number of aliphatic hydroxyl groups excluding tert-OH is 1. The molecule has 4 heteroatoms. The van der Waals surface area contributed by atoms with Crippen LogP contribution in [0, 0.1) is 22.0 Å². The van der Waals surface area contributed by atoms with E-state index in [1.807, 2.05) is 0 Å². The van der Waals surface area contributed by atoms with Crippen LogP contribution in [0.3, 0.4) is 0 Å². The highest BCUT2D eigenvalue weighted by atomic mass is 16.6. The van der Waals surface area contributed by atoms with Crippen LogP contribution >= 0.6 is 0 Å².